The Hall–Kier alpha value is -2.08. The second kappa shape index (κ2) is 5.96. The van der Waals surface area contributed by atoms with Gasteiger partial charge in [0.25, 0.3) is 0 Å². The third-order valence-electron chi connectivity index (χ3n) is 4.53. The summed E-state index contributed by atoms with van der Waals surface area (Å²) in [6, 6.07) is 9.59. The Morgan fingerprint density at radius 3 is 2.45 bits per heavy atom. The predicted octanol–water partition coefficient (Wildman–Crippen LogP) is 1.52. The van der Waals surface area contributed by atoms with Crippen molar-refractivity contribution in [2.24, 2.45) is 17.8 Å². The van der Waals surface area contributed by atoms with Crippen molar-refractivity contribution in [3.63, 3.8) is 0 Å². The van der Waals surface area contributed by atoms with Crippen molar-refractivity contribution in [1.29, 1.82) is 0 Å². The van der Waals surface area contributed by atoms with Crippen LogP contribution in [-0.4, -0.2) is 49.2 Å². The Bertz CT molecular complexity index is 551. The maximum absolute atomic E-state index is 12.0. The summed E-state index contributed by atoms with van der Waals surface area (Å²) in [5, 5.41) is 1.26. The van der Waals surface area contributed by atoms with Crippen LogP contribution in [0.1, 0.15) is 5.56 Å². The summed E-state index contributed by atoms with van der Waals surface area (Å²) in [4.78, 5) is 30.6. The van der Waals surface area contributed by atoms with Crippen molar-refractivity contribution in [2.75, 3.05) is 27.2 Å². The first-order chi connectivity index (χ1) is 10.6. The zero-order valence-electron chi connectivity index (χ0n) is 12.8. The lowest BCUT2D eigenvalue weighted by Crippen LogP contribution is -2.35. The Morgan fingerprint density at radius 2 is 1.86 bits per heavy atom. The van der Waals surface area contributed by atoms with Crippen molar-refractivity contribution < 1.29 is 19.2 Å². The normalized spacial score (nSPS) is 25.5. The Balaban J connectivity index is 1.46. The molecule has 1 aliphatic carbocycles. The van der Waals surface area contributed by atoms with Gasteiger partial charge in [-0.1, -0.05) is 30.3 Å². The topological polar surface area (TPSA) is 59.1 Å². The Kier molecular flexibility index (Phi) is 4.02. The van der Waals surface area contributed by atoms with E-state index in [0.29, 0.717) is 13.1 Å². The molecular formula is C16H20N2O4. The fourth-order valence-corrected chi connectivity index (χ4v) is 3.15. The smallest absolute Gasteiger partial charge is 0.410 e. The van der Waals surface area contributed by atoms with E-state index < -0.39 is 0 Å². The van der Waals surface area contributed by atoms with Crippen LogP contribution in [0.25, 0.3) is 0 Å². The van der Waals surface area contributed by atoms with E-state index in [9.17, 15) is 9.59 Å². The number of carbonyl (C=O) groups is 2. The van der Waals surface area contributed by atoms with Gasteiger partial charge in [0.05, 0.1) is 13.0 Å². The lowest BCUT2D eigenvalue weighted by atomic mass is 10.2. The standard InChI is InChI=1S/C16H20N2O4/c1-17(21-2)15(19)14-12-8-18(9-13(12)14)16(20)22-10-11-6-4-3-5-7-11/h3-7,12-14H,8-10H2,1-2H3/t12-,13+,14?. The maximum Gasteiger partial charge on any atom is 0.410 e. The largest absolute Gasteiger partial charge is 0.445 e. The summed E-state index contributed by atoms with van der Waals surface area (Å²) >= 11 is 0. The first-order valence-electron chi connectivity index (χ1n) is 7.39. The third-order valence-corrected chi connectivity index (χ3v) is 4.53. The van der Waals surface area contributed by atoms with Gasteiger partial charge in [0.2, 0.25) is 5.91 Å². The minimum atomic E-state index is -0.303. The van der Waals surface area contributed by atoms with Gasteiger partial charge in [-0.3, -0.25) is 9.63 Å². The molecule has 2 fully saturated rings. The van der Waals surface area contributed by atoms with Crippen molar-refractivity contribution in [2.45, 2.75) is 6.61 Å². The van der Waals surface area contributed by atoms with E-state index in [-0.39, 0.29) is 36.4 Å². The van der Waals surface area contributed by atoms with Gasteiger partial charge in [-0.15, -0.1) is 0 Å². The highest BCUT2D eigenvalue weighted by Crippen LogP contribution is 2.52. The Morgan fingerprint density at radius 1 is 1.23 bits per heavy atom. The molecular weight excluding hydrogens is 284 g/mol. The summed E-state index contributed by atoms with van der Waals surface area (Å²) < 4.78 is 5.31. The van der Waals surface area contributed by atoms with Crippen LogP contribution >= 0.6 is 0 Å². The van der Waals surface area contributed by atoms with E-state index in [4.69, 9.17) is 9.57 Å². The molecule has 1 unspecified atom stereocenters. The van der Waals surface area contributed by atoms with E-state index in [0.717, 1.165) is 5.56 Å². The van der Waals surface area contributed by atoms with E-state index in [2.05, 4.69) is 0 Å². The van der Waals surface area contributed by atoms with E-state index >= 15 is 0 Å². The molecule has 0 N–H and O–H groups in total. The number of amides is 2. The van der Waals surface area contributed by atoms with Gasteiger partial charge in [-0.05, 0) is 17.4 Å². The molecule has 6 heteroatoms. The highest BCUT2D eigenvalue weighted by Gasteiger charge is 2.61. The summed E-state index contributed by atoms with van der Waals surface area (Å²) in [6.07, 6.45) is -0.303. The average Bonchev–Trinajstić information content (AvgIpc) is 3.05. The second-order valence-corrected chi connectivity index (χ2v) is 5.82. The number of nitrogens with zero attached hydrogens (tertiary/aromatic N) is 2. The first-order valence-corrected chi connectivity index (χ1v) is 7.39. The highest BCUT2D eigenvalue weighted by molar-refractivity contribution is 5.82. The van der Waals surface area contributed by atoms with E-state index in [1.54, 1.807) is 11.9 Å². The molecule has 6 nitrogen and oxygen atoms in total. The molecule has 2 amide bonds. The van der Waals surface area contributed by atoms with Gasteiger partial charge >= 0.3 is 6.09 Å². The van der Waals surface area contributed by atoms with E-state index in [1.807, 2.05) is 30.3 Å². The Labute approximate surface area is 129 Å². The number of piperidine rings is 1. The van der Waals surface area contributed by atoms with Crippen molar-refractivity contribution >= 4 is 12.0 Å². The molecule has 1 aromatic rings. The number of rotatable bonds is 4. The molecule has 3 rings (SSSR count). The van der Waals surface area contributed by atoms with Crippen LogP contribution in [0.5, 0.6) is 0 Å². The summed E-state index contributed by atoms with van der Waals surface area (Å²) in [7, 11) is 3.09. The molecule has 1 heterocycles. The van der Waals surface area contributed by atoms with Crippen LogP contribution in [0.2, 0.25) is 0 Å². The molecule has 1 saturated heterocycles. The van der Waals surface area contributed by atoms with Crippen LogP contribution < -0.4 is 0 Å². The summed E-state index contributed by atoms with van der Waals surface area (Å²) in [5.41, 5.74) is 0.968. The molecule has 3 atom stereocenters. The predicted molar refractivity (Wildman–Crippen MR) is 78.4 cm³/mol. The fraction of sp³-hybridized carbons (Fsp3) is 0.500. The number of hydrogen-bond acceptors (Lipinski definition) is 4. The summed E-state index contributed by atoms with van der Waals surface area (Å²) in [5.74, 6) is 0.474. The van der Waals surface area contributed by atoms with Crippen LogP contribution in [0.4, 0.5) is 4.79 Å². The van der Waals surface area contributed by atoms with Gasteiger partial charge < -0.3 is 9.64 Å². The number of likely N-dealkylation sites (tertiary alicyclic amines) is 1. The maximum atomic E-state index is 12.0. The van der Waals surface area contributed by atoms with Crippen molar-refractivity contribution in [1.82, 2.24) is 9.96 Å². The van der Waals surface area contributed by atoms with E-state index in [1.165, 1.54) is 12.2 Å². The van der Waals surface area contributed by atoms with Gasteiger partial charge in [-0.25, -0.2) is 9.86 Å². The molecule has 0 radical (unpaired) electrons. The lowest BCUT2D eigenvalue weighted by molar-refractivity contribution is -0.171. The molecule has 0 spiro atoms. The van der Waals surface area contributed by atoms with Crippen LogP contribution in [0, 0.1) is 17.8 Å². The fourth-order valence-electron chi connectivity index (χ4n) is 3.15. The molecule has 22 heavy (non-hydrogen) atoms. The molecule has 1 saturated carbocycles. The van der Waals surface area contributed by atoms with Crippen LogP contribution in [-0.2, 0) is 21.0 Å². The monoisotopic (exact) mass is 304 g/mol. The SMILES string of the molecule is CON(C)C(=O)C1[C@H]2CN(C(=O)OCc3ccccc3)C[C@@H]12. The second-order valence-electron chi connectivity index (χ2n) is 5.82. The van der Waals surface area contributed by atoms with Crippen molar-refractivity contribution in [3.05, 3.63) is 35.9 Å². The minimum absolute atomic E-state index is 0.00481. The zero-order valence-corrected chi connectivity index (χ0v) is 12.8. The lowest BCUT2D eigenvalue weighted by Gasteiger charge is -2.20. The number of hydrogen-bond donors (Lipinski definition) is 0. The first kappa shape index (κ1) is 14.8. The molecule has 118 valence electrons. The van der Waals surface area contributed by atoms with Gasteiger partial charge in [0.1, 0.15) is 6.61 Å². The zero-order chi connectivity index (χ0) is 15.7. The van der Waals surface area contributed by atoms with Crippen molar-refractivity contribution in [3.8, 4) is 0 Å². The number of carbonyl (C=O) groups excluding carboxylic acids is 2. The molecule has 0 bridgehead atoms. The van der Waals surface area contributed by atoms with Gasteiger partial charge in [0.15, 0.2) is 0 Å². The average molecular weight is 304 g/mol. The van der Waals surface area contributed by atoms with Crippen LogP contribution in [0.15, 0.2) is 30.3 Å². The molecule has 0 aromatic heterocycles. The van der Waals surface area contributed by atoms with Gasteiger partial charge in [-0.2, -0.15) is 0 Å². The van der Waals surface area contributed by atoms with Crippen LogP contribution in [0.3, 0.4) is 0 Å². The molecule has 1 aliphatic heterocycles. The number of fused-ring (bicyclic) bond motifs is 1. The number of ether oxygens (including phenoxy) is 1. The minimum Gasteiger partial charge on any atom is -0.445 e. The molecule has 2 aliphatic rings. The van der Waals surface area contributed by atoms with Gasteiger partial charge in [0, 0.05) is 20.1 Å². The number of hydroxylamine groups is 2. The quantitative estimate of drug-likeness (QED) is 0.791. The summed E-state index contributed by atoms with van der Waals surface area (Å²) in [6.45, 7) is 1.46. The molecule has 1 aromatic carbocycles. The highest BCUT2D eigenvalue weighted by atomic mass is 16.7. The number of benzene rings is 1. The third kappa shape index (κ3) is 2.78.